The van der Waals surface area contributed by atoms with Crippen LogP contribution >= 0.6 is 0 Å². The molecule has 1 atom stereocenters. The molecule has 0 spiro atoms. The fraction of sp³-hybridized carbons (Fsp3) is 0.333. The molecule has 0 fully saturated rings. The molecule has 0 aliphatic carbocycles. The zero-order valence-electron chi connectivity index (χ0n) is 15.6. The molecule has 0 radical (unpaired) electrons. The van der Waals surface area contributed by atoms with Crippen molar-refractivity contribution >= 4 is 17.5 Å². The van der Waals surface area contributed by atoms with Crippen molar-refractivity contribution in [3.8, 4) is 11.5 Å². The van der Waals surface area contributed by atoms with Crippen molar-refractivity contribution < 1.29 is 14.3 Å². The van der Waals surface area contributed by atoms with E-state index in [1.165, 1.54) is 6.92 Å². The molecule has 138 valence electrons. The molecule has 0 saturated carbocycles. The van der Waals surface area contributed by atoms with Gasteiger partial charge in [0.2, 0.25) is 11.8 Å². The third kappa shape index (κ3) is 5.62. The molecule has 5 nitrogen and oxygen atoms in total. The Bertz CT molecular complexity index is 731. The summed E-state index contributed by atoms with van der Waals surface area (Å²) in [5, 5.41) is 2.92. The van der Waals surface area contributed by atoms with Gasteiger partial charge in [-0.05, 0) is 37.6 Å². The van der Waals surface area contributed by atoms with E-state index < -0.39 is 0 Å². The van der Waals surface area contributed by atoms with Gasteiger partial charge in [-0.25, -0.2) is 0 Å². The highest BCUT2D eigenvalue weighted by molar-refractivity contribution is 5.94. The van der Waals surface area contributed by atoms with E-state index in [0.29, 0.717) is 23.7 Å². The van der Waals surface area contributed by atoms with Gasteiger partial charge < -0.3 is 15.0 Å². The molecule has 0 aromatic heterocycles. The topological polar surface area (TPSA) is 58.6 Å². The van der Waals surface area contributed by atoms with Gasteiger partial charge >= 0.3 is 0 Å². The molecule has 0 heterocycles. The Morgan fingerprint density at radius 1 is 1.08 bits per heavy atom. The van der Waals surface area contributed by atoms with Crippen molar-refractivity contribution in [2.75, 3.05) is 11.4 Å². The van der Waals surface area contributed by atoms with Gasteiger partial charge in [-0.1, -0.05) is 37.3 Å². The van der Waals surface area contributed by atoms with Gasteiger partial charge in [-0.15, -0.1) is 0 Å². The Hall–Kier alpha value is -2.82. The van der Waals surface area contributed by atoms with Crippen molar-refractivity contribution in [1.29, 1.82) is 0 Å². The molecule has 1 unspecified atom stereocenters. The molecule has 5 heteroatoms. The second kappa shape index (κ2) is 9.61. The summed E-state index contributed by atoms with van der Waals surface area (Å²) in [6.07, 6.45) is 1.11. The van der Waals surface area contributed by atoms with E-state index in [1.807, 2.05) is 68.4 Å². The van der Waals surface area contributed by atoms with Gasteiger partial charge in [0.1, 0.15) is 5.75 Å². The molecule has 2 aromatic carbocycles. The zero-order chi connectivity index (χ0) is 18.9. The van der Waals surface area contributed by atoms with Crippen LogP contribution in [0.15, 0.2) is 54.6 Å². The van der Waals surface area contributed by atoms with Crippen molar-refractivity contribution in [1.82, 2.24) is 5.32 Å². The molecule has 0 aliphatic heterocycles. The van der Waals surface area contributed by atoms with Crippen LogP contribution in [-0.4, -0.2) is 24.4 Å². The Morgan fingerprint density at radius 3 is 2.38 bits per heavy atom. The van der Waals surface area contributed by atoms with Crippen LogP contribution in [0.3, 0.4) is 0 Å². The monoisotopic (exact) mass is 354 g/mol. The summed E-state index contributed by atoms with van der Waals surface area (Å²) in [5.41, 5.74) is 0.653. The predicted molar refractivity (Wildman–Crippen MR) is 103 cm³/mol. The molecular weight excluding hydrogens is 328 g/mol. The smallest absolute Gasteiger partial charge is 0.223 e. The summed E-state index contributed by atoms with van der Waals surface area (Å²) in [6, 6.07) is 16.9. The van der Waals surface area contributed by atoms with Crippen molar-refractivity contribution in [2.45, 2.75) is 39.7 Å². The van der Waals surface area contributed by atoms with Gasteiger partial charge in [0, 0.05) is 25.9 Å². The van der Waals surface area contributed by atoms with Gasteiger partial charge in [0.05, 0.1) is 5.69 Å². The lowest BCUT2D eigenvalue weighted by Gasteiger charge is -2.24. The fourth-order valence-corrected chi connectivity index (χ4v) is 2.49. The van der Waals surface area contributed by atoms with Crippen molar-refractivity contribution in [3.63, 3.8) is 0 Å². The molecule has 2 aromatic rings. The molecule has 2 rings (SSSR count). The predicted octanol–water partition coefficient (Wildman–Crippen LogP) is 4.14. The number of carbonyl (C=O) groups excluding carboxylic acids is 2. The summed E-state index contributed by atoms with van der Waals surface area (Å²) < 4.78 is 5.93. The van der Waals surface area contributed by atoms with Gasteiger partial charge in [0.25, 0.3) is 0 Å². The van der Waals surface area contributed by atoms with E-state index >= 15 is 0 Å². The molecular formula is C21H26N2O3. The molecule has 2 amide bonds. The first-order valence-electron chi connectivity index (χ1n) is 8.90. The van der Waals surface area contributed by atoms with Crippen molar-refractivity contribution in [3.05, 3.63) is 54.6 Å². The minimum absolute atomic E-state index is 0.0629. The summed E-state index contributed by atoms with van der Waals surface area (Å²) in [5.74, 6) is 1.08. The highest BCUT2D eigenvalue weighted by Gasteiger charge is 2.18. The molecule has 0 bridgehead atoms. The van der Waals surface area contributed by atoms with E-state index in [-0.39, 0.29) is 24.3 Å². The fourth-order valence-electron chi connectivity index (χ4n) is 2.49. The Balaban J connectivity index is 2.14. The number of amides is 2. The number of hydrogen-bond acceptors (Lipinski definition) is 3. The minimum Gasteiger partial charge on any atom is -0.455 e. The lowest BCUT2D eigenvalue weighted by Crippen LogP contribution is -2.37. The van der Waals surface area contributed by atoms with Gasteiger partial charge in [-0.2, -0.15) is 0 Å². The first kappa shape index (κ1) is 19.5. The number of rotatable bonds is 8. The Kier molecular flexibility index (Phi) is 7.21. The van der Waals surface area contributed by atoms with Gasteiger partial charge in [0.15, 0.2) is 5.75 Å². The highest BCUT2D eigenvalue weighted by Crippen LogP contribution is 2.32. The third-order valence-corrected chi connectivity index (χ3v) is 4.09. The first-order chi connectivity index (χ1) is 12.5. The standard InChI is InChI=1S/C21H26N2O3/c1-4-16(2)22-21(25)14-15-23(17(3)24)19-12-8-9-13-20(19)26-18-10-6-5-7-11-18/h5-13,16H,4,14-15H2,1-3H3,(H,22,25). The molecule has 1 N–H and O–H groups in total. The molecule has 0 saturated heterocycles. The summed E-state index contributed by atoms with van der Waals surface area (Å²) in [6.45, 7) is 5.77. The maximum atomic E-state index is 12.2. The van der Waals surface area contributed by atoms with Crippen LogP contribution in [-0.2, 0) is 9.59 Å². The van der Waals surface area contributed by atoms with E-state index in [0.717, 1.165) is 6.42 Å². The number of nitrogens with zero attached hydrogens (tertiary/aromatic N) is 1. The van der Waals surface area contributed by atoms with Crippen LogP contribution in [0.2, 0.25) is 0 Å². The lowest BCUT2D eigenvalue weighted by atomic mass is 10.2. The number of carbonyl (C=O) groups is 2. The minimum atomic E-state index is -0.134. The zero-order valence-corrected chi connectivity index (χ0v) is 15.6. The number of para-hydroxylation sites is 3. The number of nitrogens with one attached hydrogen (secondary N) is 1. The van der Waals surface area contributed by atoms with Gasteiger partial charge in [-0.3, -0.25) is 9.59 Å². The van der Waals surface area contributed by atoms with E-state index in [9.17, 15) is 9.59 Å². The summed E-state index contributed by atoms with van der Waals surface area (Å²) in [4.78, 5) is 25.8. The Labute approximate surface area is 155 Å². The highest BCUT2D eigenvalue weighted by atomic mass is 16.5. The van der Waals surface area contributed by atoms with Crippen LogP contribution in [0, 0.1) is 0 Å². The second-order valence-corrected chi connectivity index (χ2v) is 6.18. The van der Waals surface area contributed by atoms with Crippen LogP contribution in [0.1, 0.15) is 33.6 Å². The largest absolute Gasteiger partial charge is 0.455 e. The number of benzene rings is 2. The number of anilines is 1. The molecule has 26 heavy (non-hydrogen) atoms. The Morgan fingerprint density at radius 2 is 1.73 bits per heavy atom. The lowest BCUT2D eigenvalue weighted by molar-refractivity contribution is -0.121. The van der Waals surface area contributed by atoms with Crippen LogP contribution in [0.25, 0.3) is 0 Å². The maximum absolute atomic E-state index is 12.2. The summed E-state index contributed by atoms with van der Waals surface area (Å²) in [7, 11) is 0. The SMILES string of the molecule is CCC(C)NC(=O)CCN(C(C)=O)c1ccccc1Oc1ccccc1. The van der Waals surface area contributed by atoms with E-state index in [2.05, 4.69) is 5.32 Å². The average molecular weight is 354 g/mol. The van der Waals surface area contributed by atoms with Crippen LogP contribution < -0.4 is 15.0 Å². The van der Waals surface area contributed by atoms with E-state index in [1.54, 1.807) is 4.90 Å². The first-order valence-corrected chi connectivity index (χ1v) is 8.90. The maximum Gasteiger partial charge on any atom is 0.223 e. The third-order valence-electron chi connectivity index (χ3n) is 4.09. The number of hydrogen-bond donors (Lipinski definition) is 1. The van der Waals surface area contributed by atoms with Crippen LogP contribution in [0.4, 0.5) is 5.69 Å². The quantitative estimate of drug-likeness (QED) is 0.775. The normalized spacial score (nSPS) is 11.5. The second-order valence-electron chi connectivity index (χ2n) is 6.18. The average Bonchev–Trinajstić information content (AvgIpc) is 2.63. The number of ether oxygens (including phenoxy) is 1. The molecule has 0 aliphatic rings. The van der Waals surface area contributed by atoms with E-state index in [4.69, 9.17) is 4.74 Å². The van der Waals surface area contributed by atoms with Crippen molar-refractivity contribution in [2.24, 2.45) is 0 Å². The summed E-state index contributed by atoms with van der Waals surface area (Å²) >= 11 is 0. The van der Waals surface area contributed by atoms with Crippen LogP contribution in [0.5, 0.6) is 11.5 Å².